The normalized spacial score (nSPS) is 12.0. The minimum Gasteiger partial charge on any atom is -0.151 e. The van der Waals surface area contributed by atoms with E-state index >= 15 is 0 Å². The molecule has 296 valence electrons. The van der Waals surface area contributed by atoms with E-state index in [1.807, 2.05) is 146 Å². The maximum absolute atomic E-state index is 4.59. The molecule has 8 nitrogen and oxygen atoms in total. The summed E-state index contributed by atoms with van der Waals surface area (Å²) in [6.07, 6.45) is 0. The fourth-order valence-electron chi connectivity index (χ4n) is 7.02. The van der Waals surface area contributed by atoms with E-state index in [1.165, 1.54) is 22.3 Å². The van der Waals surface area contributed by atoms with Gasteiger partial charge < -0.3 is 0 Å². The summed E-state index contributed by atoms with van der Waals surface area (Å²) in [5.74, 6) is 0. The average molecular weight is 793 g/mol. The molecule has 8 rings (SSSR count). The topological polar surface area (TPSA) is 98.9 Å². The molecule has 0 heterocycles. The summed E-state index contributed by atoms with van der Waals surface area (Å²) in [5.41, 5.74) is 14.1. The van der Waals surface area contributed by atoms with Crippen LogP contribution >= 0.6 is 0 Å². The Kier molecular flexibility index (Phi) is 12.0. The van der Waals surface area contributed by atoms with Crippen LogP contribution in [0.3, 0.4) is 0 Å². The molecule has 0 fully saturated rings. The molecule has 0 aliphatic carbocycles. The minimum absolute atomic E-state index is 0.740. The van der Waals surface area contributed by atoms with Gasteiger partial charge in [-0.05, 0) is 147 Å². The van der Waals surface area contributed by atoms with Gasteiger partial charge in [0.1, 0.15) is 0 Å². The van der Waals surface area contributed by atoms with Crippen LogP contribution in [0.15, 0.2) is 235 Å². The van der Waals surface area contributed by atoms with E-state index in [9.17, 15) is 0 Å². The Bertz CT molecular complexity index is 2410. The highest BCUT2D eigenvalue weighted by atomic mass is 15.1. The maximum Gasteiger partial charge on any atom is 0.0857 e. The lowest BCUT2D eigenvalue weighted by Crippen LogP contribution is -2.30. The third kappa shape index (κ3) is 9.73. The minimum atomic E-state index is -0.807. The quantitative estimate of drug-likeness (QED) is 0.0869. The van der Waals surface area contributed by atoms with Crippen molar-refractivity contribution in [3.63, 3.8) is 0 Å². The van der Waals surface area contributed by atoms with Crippen LogP contribution in [0.25, 0.3) is 0 Å². The number of rotatable bonds is 12. The average Bonchev–Trinajstić information content (AvgIpc) is 3.30. The van der Waals surface area contributed by atoms with E-state index in [0.29, 0.717) is 0 Å². The van der Waals surface area contributed by atoms with Gasteiger partial charge in [0.25, 0.3) is 0 Å². The fourth-order valence-corrected chi connectivity index (χ4v) is 7.02. The van der Waals surface area contributed by atoms with Gasteiger partial charge in [0.2, 0.25) is 0 Å². The third-order valence-electron chi connectivity index (χ3n) is 10.5. The van der Waals surface area contributed by atoms with E-state index in [1.54, 1.807) is 0 Å². The Morgan fingerprint density at radius 1 is 0.197 bits per heavy atom. The van der Waals surface area contributed by atoms with Gasteiger partial charge in [-0.25, -0.2) is 0 Å². The third-order valence-corrected chi connectivity index (χ3v) is 10.5. The molecule has 0 amide bonds. The summed E-state index contributed by atoms with van der Waals surface area (Å²) in [4.78, 5) is 0. The smallest absolute Gasteiger partial charge is 0.0857 e. The largest absolute Gasteiger partial charge is 0.151 e. The summed E-state index contributed by atoms with van der Waals surface area (Å²) < 4.78 is 0. The molecule has 8 aromatic rings. The first-order chi connectivity index (χ1) is 29.8. The molecule has 0 radical (unpaired) electrons. The van der Waals surface area contributed by atoms with Crippen LogP contribution in [-0.4, -0.2) is 0 Å². The molecule has 0 saturated carbocycles. The second kappa shape index (κ2) is 18.4. The van der Waals surface area contributed by atoms with Crippen molar-refractivity contribution in [2.75, 3.05) is 0 Å². The lowest BCUT2D eigenvalue weighted by Gasteiger charge is -2.37. The van der Waals surface area contributed by atoms with Gasteiger partial charge in [-0.2, -0.15) is 40.9 Å². The zero-order valence-corrected chi connectivity index (χ0v) is 34.6. The number of azo groups is 4. The van der Waals surface area contributed by atoms with Gasteiger partial charge in [0, 0.05) is 0 Å². The van der Waals surface area contributed by atoms with Crippen LogP contribution in [-0.2, 0) is 5.41 Å². The zero-order chi connectivity index (χ0) is 42.0. The Labute approximate surface area is 356 Å². The van der Waals surface area contributed by atoms with Crippen molar-refractivity contribution in [3.8, 4) is 0 Å². The molecule has 0 atom stereocenters. The molecule has 0 saturated heterocycles. The molecular formula is C53H44N8. The number of hydrogen-bond donors (Lipinski definition) is 0. The molecule has 0 aromatic heterocycles. The molecule has 61 heavy (non-hydrogen) atoms. The van der Waals surface area contributed by atoms with Gasteiger partial charge in [-0.1, -0.05) is 119 Å². The van der Waals surface area contributed by atoms with E-state index in [2.05, 4.69) is 117 Å². The predicted molar refractivity (Wildman–Crippen MR) is 246 cm³/mol. The lowest BCUT2D eigenvalue weighted by atomic mass is 9.65. The fraction of sp³-hybridized carbons (Fsp3) is 0.0943. The number of aryl methyl sites for hydroxylation is 4. The molecule has 8 aromatic carbocycles. The highest BCUT2D eigenvalue weighted by Gasteiger charge is 2.38. The van der Waals surface area contributed by atoms with E-state index in [-0.39, 0.29) is 0 Å². The predicted octanol–water partition coefficient (Wildman–Crippen LogP) is 17.0. The number of nitrogens with zero attached hydrogens (tertiary/aromatic N) is 8. The van der Waals surface area contributed by atoms with Crippen LogP contribution < -0.4 is 0 Å². The zero-order valence-electron chi connectivity index (χ0n) is 34.6. The number of benzene rings is 8. The first kappa shape index (κ1) is 40.0. The van der Waals surface area contributed by atoms with E-state index in [0.717, 1.165) is 67.8 Å². The first-order valence-electron chi connectivity index (χ1n) is 20.2. The van der Waals surface area contributed by atoms with Gasteiger partial charge in [0.15, 0.2) is 0 Å². The van der Waals surface area contributed by atoms with Crippen LogP contribution in [0.1, 0.15) is 44.5 Å². The standard InChI is InChI=1S/C53H44N8/c1-37-5-21-45(22-6-37)54-58-49-29-13-41(14-30-49)53(42-15-31-50(32-16-42)59-55-46-23-7-38(2)8-24-46,43-17-33-51(34-18-43)60-56-47-25-9-39(3)10-26-47)44-19-35-52(36-20-44)61-57-48-27-11-40(4)12-28-48/h5-36H,1-4H3/b58-54+,59-55+,60-56+,61-57+. The van der Waals surface area contributed by atoms with Crippen molar-refractivity contribution in [1.29, 1.82) is 0 Å². The molecule has 0 aliphatic rings. The lowest BCUT2D eigenvalue weighted by molar-refractivity contribution is 0.745. The second-order valence-corrected chi connectivity index (χ2v) is 15.1. The van der Waals surface area contributed by atoms with Gasteiger partial charge >= 0.3 is 0 Å². The molecule has 8 heteroatoms. The van der Waals surface area contributed by atoms with E-state index in [4.69, 9.17) is 0 Å². The Morgan fingerprint density at radius 3 is 0.475 bits per heavy atom. The van der Waals surface area contributed by atoms with Crippen molar-refractivity contribution in [1.82, 2.24) is 0 Å². The summed E-state index contributed by atoms with van der Waals surface area (Å²) in [6, 6.07) is 65.2. The highest BCUT2D eigenvalue weighted by molar-refractivity contribution is 5.64. The van der Waals surface area contributed by atoms with Gasteiger partial charge in [0.05, 0.1) is 50.9 Å². The summed E-state index contributed by atoms with van der Waals surface area (Å²) in [5, 5.41) is 36.4. The Hall–Kier alpha value is -7.84. The summed E-state index contributed by atoms with van der Waals surface area (Å²) in [6.45, 7) is 8.23. The molecule has 0 spiro atoms. The van der Waals surface area contributed by atoms with Gasteiger partial charge in [-0.15, -0.1) is 0 Å². The van der Waals surface area contributed by atoms with Crippen molar-refractivity contribution < 1.29 is 0 Å². The van der Waals surface area contributed by atoms with Crippen LogP contribution in [0.4, 0.5) is 45.5 Å². The van der Waals surface area contributed by atoms with Crippen molar-refractivity contribution in [3.05, 3.63) is 239 Å². The van der Waals surface area contributed by atoms with Crippen molar-refractivity contribution in [2.24, 2.45) is 40.9 Å². The summed E-state index contributed by atoms with van der Waals surface area (Å²) >= 11 is 0. The molecule has 0 unspecified atom stereocenters. The van der Waals surface area contributed by atoms with Crippen molar-refractivity contribution in [2.45, 2.75) is 33.1 Å². The van der Waals surface area contributed by atoms with Crippen LogP contribution in [0.5, 0.6) is 0 Å². The van der Waals surface area contributed by atoms with E-state index < -0.39 is 5.41 Å². The Morgan fingerprint density at radius 2 is 0.328 bits per heavy atom. The number of hydrogen-bond acceptors (Lipinski definition) is 8. The SMILES string of the molecule is Cc1ccc(/N=N/c2ccc(C(c3ccc(/N=N/c4ccc(C)cc4)cc3)(c3ccc(/N=N/c4ccc(C)cc4)cc3)c3ccc(/N=N/c4ccc(C)cc4)cc3)cc2)cc1. The molecule has 0 aliphatic heterocycles. The molecule has 0 bridgehead atoms. The summed E-state index contributed by atoms with van der Waals surface area (Å²) in [7, 11) is 0. The van der Waals surface area contributed by atoms with Crippen LogP contribution in [0, 0.1) is 27.7 Å². The van der Waals surface area contributed by atoms with Crippen LogP contribution in [0.2, 0.25) is 0 Å². The van der Waals surface area contributed by atoms with Crippen molar-refractivity contribution >= 4 is 45.5 Å². The molecule has 0 N–H and O–H groups in total. The maximum atomic E-state index is 4.59. The first-order valence-corrected chi connectivity index (χ1v) is 20.2. The highest BCUT2D eigenvalue weighted by Crippen LogP contribution is 2.47. The monoisotopic (exact) mass is 792 g/mol. The Balaban J connectivity index is 1.24. The second-order valence-electron chi connectivity index (χ2n) is 15.1. The molecular weight excluding hydrogens is 749 g/mol. The van der Waals surface area contributed by atoms with Gasteiger partial charge in [-0.3, -0.25) is 0 Å².